The van der Waals surface area contributed by atoms with Crippen LogP contribution in [0.2, 0.25) is 0 Å². The Kier molecular flexibility index (Phi) is 7.14. The average Bonchev–Trinajstić information content (AvgIpc) is 2.81. The summed E-state index contributed by atoms with van der Waals surface area (Å²) in [7, 11) is 0. The van der Waals surface area contributed by atoms with Crippen molar-refractivity contribution in [1.82, 2.24) is 15.2 Å². The monoisotopic (exact) mass is 449 g/mol. The van der Waals surface area contributed by atoms with Crippen molar-refractivity contribution in [2.24, 2.45) is 0 Å². The van der Waals surface area contributed by atoms with Crippen LogP contribution in [0.4, 0.5) is 8.78 Å². The largest absolute Gasteiger partial charge is 0.348 e. The van der Waals surface area contributed by atoms with Crippen LogP contribution in [0.25, 0.3) is 0 Å². The van der Waals surface area contributed by atoms with E-state index >= 15 is 0 Å². The average molecular weight is 450 g/mol. The molecule has 33 heavy (non-hydrogen) atoms. The predicted octanol–water partition coefficient (Wildman–Crippen LogP) is 5.29. The molecular formula is C27H29F2N3O. The second-order valence-corrected chi connectivity index (χ2v) is 8.84. The number of carbonyl (C=O) groups excluding carboxylic acids is 1. The molecule has 3 aromatic rings. The van der Waals surface area contributed by atoms with Gasteiger partial charge in [-0.25, -0.2) is 8.78 Å². The third-order valence-electron chi connectivity index (χ3n) is 6.27. The second-order valence-electron chi connectivity index (χ2n) is 8.84. The Morgan fingerprint density at radius 3 is 2.45 bits per heavy atom. The number of rotatable bonds is 6. The maximum Gasteiger partial charge on any atom is 0.253 e. The van der Waals surface area contributed by atoms with Gasteiger partial charge >= 0.3 is 0 Å². The number of pyridine rings is 1. The molecule has 1 aliphatic heterocycles. The van der Waals surface area contributed by atoms with E-state index in [0.717, 1.165) is 48.9 Å². The summed E-state index contributed by atoms with van der Waals surface area (Å²) in [6, 6.07) is 15.6. The van der Waals surface area contributed by atoms with Crippen molar-refractivity contribution in [2.45, 2.75) is 45.7 Å². The first kappa shape index (κ1) is 23.1. The van der Waals surface area contributed by atoms with Gasteiger partial charge < -0.3 is 5.32 Å². The highest BCUT2D eigenvalue weighted by Gasteiger charge is 2.26. The molecule has 1 fully saturated rings. The van der Waals surface area contributed by atoms with Crippen molar-refractivity contribution in [2.75, 3.05) is 13.1 Å². The first-order chi connectivity index (χ1) is 15.9. The Hall–Kier alpha value is -3.12. The van der Waals surface area contributed by atoms with Crippen LogP contribution in [0.3, 0.4) is 0 Å². The van der Waals surface area contributed by atoms with Crippen molar-refractivity contribution < 1.29 is 13.6 Å². The minimum atomic E-state index is -0.561. The summed E-state index contributed by atoms with van der Waals surface area (Å²) in [6.07, 6.45) is 1.66. The van der Waals surface area contributed by atoms with E-state index in [0.29, 0.717) is 24.2 Å². The number of nitrogens with zero attached hydrogens (tertiary/aromatic N) is 2. The van der Waals surface area contributed by atoms with E-state index in [-0.39, 0.29) is 11.8 Å². The van der Waals surface area contributed by atoms with Crippen LogP contribution in [0.15, 0.2) is 54.6 Å². The molecule has 1 aliphatic rings. The SMILES string of the molecule is Cc1ccc(CNC(=O)c2ccc(C)nc2C2CCN(Cc3ccc(F)cc3F)CC2)cc1. The lowest BCUT2D eigenvalue weighted by atomic mass is 9.89. The molecule has 0 spiro atoms. The van der Waals surface area contributed by atoms with Gasteiger partial charge in [0.1, 0.15) is 11.6 Å². The molecule has 1 saturated heterocycles. The number of carbonyl (C=O) groups is 1. The van der Waals surface area contributed by atoms with Crippen LogP contribution in [-0.4, -0.2) is 28.9 Å². The molecule has 1 N–H and O–H groups in total. The highest BCUT2D eigenvalue weighted by atomic mass is 19.1. The predicted molar refractivity (Wildman–Crippen MR) is 125 cm³/mol. The van der Waals surface area contributed by atoms with E-state index in [1.54, 1.807) is 0 Å². The summed E-state index contributed by atoms with van der Waals surface area (Å²) in [5.74, 6) is -1.02. The lowest BCUT2D eigenvalue weighted by molar-refractivity contribution is 0.0948. The van der Waals surface area contributed by atoms with Gasteiger partial charge in [-0.15, -0.1) is 0 Å². The highest BCUT2D eigenvalue weighted by molar-refractivity contribution is 5.95. The van der Waals surface area contributed by atoms with Gasteiger partial charge in [-0.3, -0.25) is 14.7 Å². The Labute approximate surface area is 193 Å². The number of aromatic nitrogens is 1. The van der Waals surface area contributed by atoms with Crippen molar-refractivity contribution in [3.8, 4) is 0 Å². The maximum atomic E-state index is 14.0. The Bertz CT molecular complexity index is 1120. The normalized spacial score (nSPS) is 14.9. The van der Waals surface area contributed by atoms with Crippen LogP contribution in [-0.2, 0) is 13.1 Å². The number of aryl methyl sites for hydroxylation is 2. The summed E-state index contributed by atoms with van der Waals surface area (Å²) < 4.78 is 27.2. The third kappa shape index (κ3) is 5.82. The molecule has 0 unspecified atom stereocenters. The fourth-order valence-corrected chi connectivity index (χ4v) is 4.32. The smallest absolute Gasteiger partial charge is 0.253 e. The molecule has 2 aromatic carbocycles. The summed E-state index contributed by atoms with van der Waals surface area (Å²) in [5, 5.41) is 3.02. The summed E-state index contributed by atoms with van der Waals surface area (Å²) >= 11 is 0. The van der Waals surface area contributed by atoms with E-state index < -0.39 is 11.6 Å². The number of hydrogen-bond acceptors (Lipinski definition) is 3. The molecule has 0 aliphatic carbocycles. The molecule has 0 bridgehead atoms. The number of halogens is 2. The lowest BCUT2D eigenvalue weighted by Crippen LogP contribution is -2.34. The zero-order chi connectivity index (χ0) is 23.4. The van der Waals surface area contributed by atoms with E-state index in [9.17, 15) is 13.6 Å². The van der Waals surface area contributed by atoms with Gasteiger partial charge in [0.15, 0.2) is 0 Å². The molecular weight excluding hydrogens is 420 g/mol. The van der Waals surface area contributed by atoms with Crippen molar-refractivity contribution in [3.63, 3.8) is 0 Å². The minimum absolute atomic E-state index is 0.117. The molecule has 0 atom stereocenters. The molecule has 2 heterocycles. The quantitative estimate of drug-likeness (QED) is 0.557. The number of hydrogen-bond donors (Lipinski definition) is 1. The van der Waals surface area contributed by atoms with Gasteiger partial charge in [-0.1, -0.05) is 35.9 Å². The van der Waals surface area contributed by atoms with Gasteiger partial charge in [-0.2, -0.15) is 0 Å². The van der Waals surface area contributed by atoms with Crippen molar-refractivity contribution in [3.05, 3.63) is 99.9 Å². The van der Waals surface area contributed by atoms with E-state index in [2.05, 4.69) is 10.2 Å². The molecule has 0 radical (unpaired) electrons. The maximum absolute atomic E-state index is 14.0. The molecule has 1 amide bonds. The van der Waals surface area contributed by atoms with E-state index in [1.165, 1.54) is 17.7 Å². The lowest BCUT2D eigenvalue weighted by Gasteiger charge is -2.32. The number of piperidine rings is 1. The summed E-state index contributed by atoms with van der Waals surface area (Å²) in [6.45, 7) is 6.42. The van der Waals surface area contributed by atoms with Crippen LogP contribution < -0.4 is 5.32 Å². The first-order valence-corrected chi connectivity index (χ1v) is 11.4. The highest BCUT2D eigenvalue weighted by Crippen LogP contribution is 2.30. The van der Waals surface area contributed by atoms with Crippen LogP contribution in [0.5, 0.6) is 0 Å². The third-order valence-corrected chi connectivity index (χ3v) is 6.27. The van der Waals surface area contributed by atoms with Crippen LogP contribution in [0, 0.1) is 25.5 Å². The van der Waals surface area contributed by atoms with Crippen molar-refractivity contribution in [1.29, 1.82) is 0 Å². The van der Waals surface area contributed by atoms with Gasteiger partial charge in [0.2, 0.25) is 0 Å². The molecule has 0 saturated carbocycles. The topological polar surface area (TPSA) is 45.2 Å². The Morgan fingerprint density at radius 2 is 1.76 bits per heavy atom. The first-order valence-electron chi connectivity index (χ1n) is 11.4. The zero-order valence-electron chi connectivity index (χ0n) is 19.1. The number of likely N-dealkylation sites (tertiary alicyclic amines) is 1. The number of benzene rings is 2. The number of nitrogens with one attached hydrogen (secondary N) is 1. The van der Waals surface area contributed by atoms with Crippen LogP contribution >= 0.6 is 0 Å². The van der Waals surface area contributed by atoms with Gasteiger partial charge in [-0.05, 0) is 63.5 Å². The number of amides is 1. The zero-order valence-corrected chi connectivity index (χ0v) is 19.1. The van der Waals surface area contributed by atoms with Gasteiger partial charge in [0.05, 0.1) is 11.3 Å². The molecule has 4 nitrogen and oxygen atoms in total. The van der Waals surface area contributed by atoms with Crippen LogP contribution in [0.1, 0.15) is 57.2 Å². The Balaban J connectivity index is 1.41. The minimum Gasteiger partial charge on any atom is -0.348 e. The van der Waals surface area contributed by atoms with E-state index in [4.69, 9.17) is 4.98 Å². The summed E-state index contributed by atoms with van der Waals surface area (Å²) in [4.78, 5) is 19.9. The fourth-order valence-electron chi connectivity index (χ4n) is 4.32. The summed E-state index contributed by atoms with van der Waals surface area (Å²) in [5.41, 5.74) is 5.08. The van der Waals surface area contributed by atoms with E-state index in [1.807, 2.05) is 50.2 Å². The fraction of sp³-hybridized carbons (Fsp3) is 0.333. The van der Waals surface area contributed by atoms with Gasteiger partial charge in [0, 0.05) is 36.3 Å². The Morgan fingerprint density at radius 1 is 1.03 bits per heavy atom. The van der Waals surface area contributed by atoms with Crippen molar-refractivity contribution >= 4 is 5.91 Å². The molecule has 4 rings (SSSR count). The molecule has 1 aromatic heterocycles. The molecule has 6 heteroatoms. The standard InChI is InChI=1S/C27H29F2N3O/c1-18-3-6-20(7-4-18)16-30-27(33)24-10-5-19(2)31-26(24)21-11-13-32(14-12-21)17-22-8-9-23(28)15-25(22)29/h3-10,15,21H,11-14,16-17H2,1-2H3,(H,30,33). The van der Waals surface area contributed by atoms with Gasteiger partial charge in [0.25, 0.3) is 5.91 Å². The second kappa shape index (κ2) is 10.2. The molecule has 172 valence electrons.